The average Bonchev–Trinajstić information content (AvgIpc) is 2.46. The summed E-state index contributed by atoms with van der Waals surface area (Å²) in [6.07, 6.45) is 4.05. The summed E-state index contributed by atoms with van der Waals surface area (Å²) in [5.41, 5.74) is 0. The van der Waals surface area contributed by atoms with Gasteiger partial charge in [-0.3, -0.25) is 0 Å². The molecule has 0 radical (unpaired) electrons. The number of benzene rings is 1. The topological polar surface area (TPSA) is 21.7 Å². The van der Waals surface area contributed by atoms with Gasteiger partial charge in [0.25, 0.3) is 0 Å². The summed E-state index contributed by atoms with van der Waals surface area (Å²) < 4.78 is 11.1. The van der Waals surface area contributed by atoms with Gasteiger partial charge in [-0.05, 0) is 50.2 Å². The van der Waals surface area contributed by atoms with E-state index < -0.39 is 0 Å². The lowest BCUT2D eigenvalue weighted by molar-refractivity contribution is 0.0750. The molecule has 1 saturated heterocycles. The van der Waals surface area contributed by atoms with E-state index in [1.54, 1.807) is 0 Å². The quantitative estimate of drug-likeness (QED) is 0.717. The lowest BCUT2D eigenvalue weighted by atomic mass is 10.1. The first-order chi connectivity index (χ1) is 9.34. The minimum absolute atomic E-state index is 0.585. The molecule has 1 fully saturated rings. The maximum Gasteiger partial charge on any atom is 0.119 e. The number of hydrogen-bond donors (Lipinski definition) is 0. The predicted octanol–water partition coefficient (Wildman–Crippen LogP) is 3.22. The summed E-state index contributed by atoms with van der Waals surface area (Å²) in [4.78, 5) is 2.48. The van der Waals surface area contributed by atoms with Crippen molar-refractivity contribution in [1.82, 2.24) is 4.90 Å². The van der Waals surface area contributed by atoms with E-state index in [-0.39, 0.29) is 0 Å². The number of halogens is 1. The smallest absolute Gasteiger partial charge is 0.119 e. The summed E-state index contributed by atoms with van der Waals surface area (Å²) >= 11 is 5.80. The van der Waals surface area contributed by atoms with Crippen molar-refractivity contribution in [2.45, 2.75) is 19.3 Å². The van der Waals surface area contributed by atoms with Crippen molar-refractivity contribution in [3.63, 3.8) is 0 Å². The first-order valence-electron chi connectivity index (χ1n) is 7.03. The maximum atomic E-state index is 5.80. The van der Waals surface area contributed by atoms with Crippen LogP contribution in [0.3, 0.4) is 0 Å². The Balaban J connectivity index is 1.49. The second kappa shape index (κ2) is 8.41. The van der Waals surface area contributed by atoms with Gasteiger partial charge < -0.3 is 14.4 Å². The molecule has 1 heterocycles. The summed E-state index contributed by atoms with van der Waals surface area (Å²) in [6.45, 7) is 5.51. The van der Waals surface area contributed by atoms with Gasteiger partial charge >= 0.3 is 0 Å². The molecule has 0 amide bonds. The van der Waals surface area contributed by atoms with Gasteiger partial charge in [-0.1, -0.05) is 18.0 Å². The van der Waals surface area contributed by atoms with Gasteiger partial charge in [-0.2, -0.15) is 0 Å². The highest BCUT2D eigenvalue weighted by Crippen LogP contribution is 2.15. The fourth-order valence-corrected chi connectivity index (χ4v) is 2.35. The highest BCUT2D eigenvalue weighted by molar-refractivity contribution is 6.30. The Kier molecular flexibility index (Phi) is 6.48. The second-order valence-electron chi connectivity index (χ2n) is 4.82. The Labute approximate surface area is 120 Å². The standard InChI is InChI=1S/C15H22ClNO2/c16-14-4-6-15(7-5-14)19-13-12-18-11-10-17-8-2-1-3-9-17/h4-7H,1-3,8-13H2. The molecule has 0 aromatic heterocycles. The summed E-state index contributed by atoms with van der Waals surface area (Å²) in [5, 5.41) is 0.727. The molecule has 0 saturated carbocycles. The third kappa shape index (κ3) is 5.81. The Bertz CT molecular complexity index is 350. The van der Waals surface area contributed by atoms with Crippen molar-refractivity contribution in [3.8, 4) is 5.75 Å². The van der Waals surface area contributed by atoms with Crippen LogP contribution in [-0.2, 0) is 4.74 Å². The first-order valence-corrected chi connectivity index (χ1v) is 7.41. The molecule has 1 aromatic carbocycles. The third-order valence-electron chi connectivity index (χ3n) is 3.31. The molecular weight excluding hydrogens is 262 g/mol. The van der Waals surface area contributed by atoms with Gasteiger partial charge in [0.1, 0.15) is 12.4 Å². The van der Waals surface area contributed by atoms with Crippen LogP contribution in [0.15, 0.2) is 24.3 Å². The fraction of sp³-hybridized carbons (Fsp3) is 0.600. The number of ether oxygens (including phenoxy) is 2. The van der Waals surface area contributed by atoms with Crippen LogP contribution in [0, 0.1) is 0 Å². The van der Waals surface area contributed by atoms with Crippen LogP contribution in [0.1, 0.15) is 19.3 Å². The molecule has 1 aromatic rings. The van der Waals surface area contributed by atoms with Crippen molar-refractivity contribution >= 4 is 11.6 Å². The molecule has 3 nitrogen and oxygen atoms in total. The molecule has 1 aliphatic heterocycles. The minimum atomic E-state index is 0.585. The molecule has 0 spiro atoms. The van der Waals surface area contributed by atoms with Crippen LogP contribution in [0.4, 0.5) is 0 Å². The van der Waals surface area contributed by atoms with E-state index in [0.29, 0.717) is 13.2 Å². The zero-order chi connectivity index (χ0) is 13.3. The first kappa shape index (κ1) is 14.6. The summed E-state index contributed by atoms with van der Waals surface area (Å²) in [7, 11) is 0. The van der Waals surface area contributed by atoms with E-state index in [0.717, 1.165) is 23.9 Å². The zero-order valence-corrected chi connectivity index (χ0v) is 12.1. The lowest BCUT2D eigenvalue weighted by Gasteiger charge is -2.26. The van der Waals surface area contributed by atoms with Crippen LogP contribution in [0.2, 0.25) is 5.02 Å². The second-order valence-corrected chi connectivity index (χ2v) is 5.25. The van der Waals surface area contributed by atoms with Gasteiger partial charge in [-0.25, -0.2) is 0 Å². The molecule has 19 heavy (non-hydrogen) atoms. The normalized spacial score (nSPS) is 16.5. The molecule has 0 atom stereocenters. The van der Waals surface area contributed by atoms with Crippen LogP contribution < -0.4 is 4.74 Å². The van der Waals surface area contributed by atoms with Crippen LogP contribution in [0.5, 0.6) is 5.75 Å². The Hall–Kier alpha value is -0.770. The van der Waals surface area contributed by atoms with E-state index in [2.05, 4.69) is 4.90 Å². The molecule has 2 rings (SSSR count). The van der Waals surface area contributed by atoms with Crippen molar-refractivity contribution in [1.29, 1.82) is 0 Å². The van der Waals surface area contributed by atoms with Crippen molar-refractivity contribution < 1.29 is 9.47 Å². The molecule has 106 valence electrons. The summed E-state index contributed by atoms with van der Waals surface area (Å²) in [5.74, 6) is 0.837. The largest absolute Gasteiger partial charge is 0.491 e. The molecule has 0 aliphatic carbocycles. The van der Waals surface area contributed by atoms with Gasteiger partial charge in [0, 0.05) is 11.6 Å². The van der Waals surface area contributed by atoms with Crippen LogP contribution >= 0.6 is 11.6 Å². The van der Waals surface area contributed by atoms with E-state index in [1.807, 2.05) is 24.3 Å². The molecule has 0 bridgehead atoms. The fourth-order valence-electron chi connectivity index (χ4n) is 2.23. The van der Waals surface area contributed by atoms with E-state index in [1.165, 1.54) is 32.4 Å². The highest BCUT2D eigenvalue weighted by Gasteiger charge is 2.08. The van der Waals surface area contributed by atoms with E-state index >= 15 is 0 Å². The van der Waals surface area contributed by atoms with Gasteiger partial charge in [-0.15, -0.1) is 0 Å². The van der Waals surface area contributed by atoms with Gasteiger partial charge in [0.2, 0.25) is 0 Å². The third-order valence-corrected chi connectivity index (χ3v) is 3.56. The Morgan fingerprint density at radius 2 is 1.68 bits per heavy atom. The number of nitrogens with zero attached hydrogens (tertiary/aromatic N) is 1. The van der Waals surface area contributed by atoms with Gasteiger partial charge in [0.15, 0.2) is 0 Å². The molecule has 4 heteroatoms. The van der Waals surface area contributed by atoms with E-state index in [9.17, 15) is 0 Å². The SMILES string of the molecule is Clc1ccc(OCCOCCN2CCCCC2)cc1. The number of hydrogen-bond acceptors (Lipinski definition) is 3. The zero-order valence-electron chi connectivity index (χ0n) is 11.3. The number of likely N-dealkylation sites (tertiary alicyclic amines) is 1. The Morgan fingerprint density at radius 3 is 2.42 bits per heavy atom. The summed E-state index contributed by atoms with van der Waals surface area (Å²) in [6, 6.07) is 7.40. The van der Waals surface area contributed by atoms with Crippen molar-refractivity contribution in [2.75, 3.05) is 39.5 Å². The van der Waals surface area contributed by atoms with Crippen molar-refractivity contribution in [2.24, 2.45) is 0 Å². The number of rotatable bonds is 7. The predicted molar refractivity (Wildman–Crippen MR) is 78.1 cm³/mol. The monoisotopic (exact) mass is 283 g/mol. The average molecular weight is 284 g/mol. The van der Waals surface area contributed by atoms with Crippen molar-refractivity contribution in [3.05, 3.63) is 29.3 Å². The number of piperidine rings is 1. The molecule has 0 N–H and O–H groups in total. The molecule has 1 aliphatic rings. The minimum Gasteiger partial charge on any atom is -0.491 e. The van der Waals surface area contributed by atoms with Gasteiger partial charge in [0.05, 0.1) is 13.2 Å². The maximum absolute atomic E-state index is 5.80. The van der Waals surface area contributed by atoms with E-state index in [4.69, 9.17) is 21.1 Å². The molecule has 0 unspecified atom stereocenters. The highest BCUT2D eigenvalue weighted by atomic mass is 35.5. The van der Waals surface area contributed by atoms with Crippen LogP contribution in [0.25, 0.3) is 0 Å². The lowest BCUT2D eigenvalue weighted by Crippen LogP contribution is -2.32. The Morgan fingerprint density at radius 1 is 0.947 bits per heavy atom. The molecular formula is C15H22ClNO2. The van der Waals surface area contributed by atoms with Crippen LogP contribution in [-0.4, -0.2) is 44.4 Å².